The van der Waals surface area contributed by atoms with Crippen LogP contribution < -0.4 is 5.73 Å². The second kappa shape index (κ2) is 5.83. The predicted octanol–water partition coefficient (Wildman–Crippen LogP) is 4.47. The quantitative estimate of drug-likeness (QED) is 0.635. The number of aryl methyl sites for hydroxylation is 1. The summed E-state index contributed by atoms with van der Waals surface area (Å²) in [6.45, 7) is 1.91. The molecule has 1 saturated carbocycles. The lowest BCUT2D eigenvalue weighted by atomic mass is 9.88. The average molecular weight is 313 g/mol. The number of amidine groups is 1. The van der Waals surface area contributed by atoms with Crippen LogP contribution in [0.25, 0.3) is 0 Å². The van der Waals surface area contributed by atoms with Gasteiger partial charge < -0.3 is 5.73 Å². The molecule has 0 radical (unpaired) electrons. The average Bonchev–Trinajstić information content (AvgIpc) is 2.37. The first-order chi connectivity index (χ1) is 8.58. The van der Waals surface area contributed by atoms with E-state index in [0.717, 1.165) is 18.4 Å². The number of benzene rings is 1. The molecule has 1 aromatic carbocycles. The summed E-state index contributed by atoms with van der Waals surface area (Å²) in [7, 11) is 0. The summed E-state index contributed by atoms with van der Waals surface area (Å²) in [4.78, 5) is 4.42. The fourth-order valence-corrected chi connectivity index (χ4v) is 2.84. The van der Waals surface area contributed by atoms with Crippen LogP contribution >= 0.6 is 15.9 Å². The molecule has 1 aliphatic rings. The van der Waals surface area contributed by atoms with Crippen LogP contribution in [0.3, 0.4) is 0 Å². The maximum Gasteiger partial charge on any atom is 0.139 e. The first-order valence-corrected chi connectivity index (χ1v) is 7.17. The SMILES string of the molecule is Cc1cc(Br)c(F)cc1N=C(N)C1CCCCC1. The van der Waals surface area contributed by atoms with E-state index in [1.165, 1.54) is 25.3 Å². The third-order valence-electron chi connectivity index (χ3n) is 3.51. The molecule has 0 saturated heterocycles. The van der Waals surface area contributed by atoms with Crippen LogP contribution in [0.2, 0.25) is 0 Å². The van der Waals surface area contributed by atoms with Crippen molar-refractivity contribution in [2.24, 2.45) is 16.6 Å². The van der Waals surface area contributed by atoms with Crippen LogP contribution in [-0.4, -0.2) is 5.84 Å². The van der Waals surface area contributed by atoms with Crippen LogP contribution in [0.15, 0.2) is 21.6 Å². The molecule has 18 heavy (non-hydrogen) atoms. The van der Waals surface area contributed by atoms with Crippen molar-refractivity contribution in [1.82, 2.24) is 0 Å². The van der Waals surface area contributed by atoms with Gasteiger partial charge in [0.1, 0.15) is 11.7 Å². The van der Waals surface area contributed by atoms with Gasteiger partial charge in [-0.25, -0.2) is 9.38 Å². The number of hydrogen-bond acceptors (Lipinski definition) is 1. The summed E-state index contributed by atoms with van der Waals surface area (Å²) < 4.78 is 14.0. The number of rotatable bonds is 2. The second-order valence-electron chi connectivity index (χ2n) is 4.92. The topological polar surface area (TPSA) is 38.4 Å². The van der Waals surface area contributed by atoms with Crippen molar-refractivity contribution in [2.45, 2.75) is 39.0 Å². The summed E-state index contributed by atoms with van der Waals surface area (Å²) in [6.07, 6.45) is 5.93. The van der Waals surface area contributed by atoms with E-state index in [-0.39, 0.29) is 5.82 Å². The van der Waals surface area contributed by atoms with Crippen molar-refractivity contribution in [3.8, 4) is 0 Å². The largest absolute Gasteiger partial charge is 0.387 e. The molecule has 0 heterocycles. The van der Waals surface area contributed by atoms with Crippen LogP contribution in [0.4, 0.5) is 10.1 Å². The van der Waals surface area contributed by atoms with E-state index in [2.05, 4.69) is 20.9 Å². The zero-order valence-corrected chi connectivity index (χ0v) is 12.1. The number of hydrogen-bond donors (Lipinski definition) is 1. The van der Waals surface area contributed by atoms with E-state index in [1.807, 2.05) is 6.92 Å². The third-order valence-corrected chi connectivity index (χ3v) is 4.12. The van der Waals surface area contributed by atoms with E-state index in [4.69, 9.17) is 5.73 Å². The van der Waals surface area contributed by atoms with Crippen molar-refractivity contribution >= 4 is 27.5 Å². The molecule has 2 rings (SSSR count). The zero-order valence-electron chi connectivity index (χ0n) is 10.5. The van der Waals surface area contributed by atoms with Gasteiger partial charge in [0.25, 0.3) is 0 Å². The molecule has 0 aromatic heterocycles. The molecule has 0 spiro atoms. The minimum absolute atomic E-state index is 0.296. The van der Waals surface area contributed by atoms with Gasteiger partial charge in [0, 0.05) is 12.0 Å². The molecule has 1 fully saturated rings. The highest BCUT2D eigenvalue weighted by atomic mass is 79.9. The normalized spacial score (nSPS) is 18.1. The highest BCUT2D eigenvalue weighted by Gasteiger charge is 2.17. The Hall–Kier alpha value is -0.900. The fourth-order valence-electron chi connectivity index (χ4n) is 2.38. The summed E-state index contributed by atoms with van der Waals surface area (Å²) in [5.41, 5.74) is 7.62. The van der Waals surface area contributed by atoms with Gasteiger partial charge in [-0.2, -0.15) is 0 Å². The Morgan fingerprint density at radius 3 is 2.67 bits per heavy atom. The van der Waals surface area contributed by atoms with Crippen molar-refractivity contribution in [3.63, 3.8) is 0 Å². The highest BCUT2D eigenvalue weighted by molar-refractivity contribution is 9.10. The molecule has 98 valence electrons. The minimum Gasteiger partial charge on any atom is -0.387 e. The summed E-state index contributed by atoms with van der Waals surface area (Å²) in [6, 6.07) is 3.18. The Labute approximate surface area is 116 Å². The lowest BCUT2D eigenvalue weighted by Crippen LogP contribution is -2.25. The number of nitrogens with two attached hydrogens (primary N) is 1. The predicted molar refractivity (Wildman–Crippen MR) is 76.7 cm³/mol. The molecular weight excluding hydrogens is 295 g/mol. The molecular formula is C14H18BrFN2. The molecule has 1 aliphatic carbocycles. The second-order valence-corrected chi connectivity index (χ2v) is 5.78. The smallest absolute Gasteiger partial charge is 0.139 e. The van der Waals surface area contributed by atoms with Gasteiger partial charge in [-0.3, -0.25) is 0 Å². The number of halogens is 2. The highest BCUT2D eigenvalue weighted by Crippen LogP contribution is 2.28. The van der Waals surface area contributed by atoms with Crippen LogP contribution in [0.1, 0.15) is 37.7 Å². The summed E-state index contributed by atoms with van der Waals surface area (Å²) in [5.74, 6) is 0.722. The number of nitrogens with zero attached hydrogens (tertiary/aromatic N) is 1. The first kappa shape index (κ1) is 13.5. The minimum atomic E-state index is -0.296. The van der Waals surface area contributed by atoms with Gasteiger partial charge in [0.05, 0.1) is 10.2 Å². The number of aliphatic imine (C=N–C) groups is 1. The van der Waals surface area contributed by atoms with Gasteiger partial charge in [-0.15, -0.1) is 0 Å². The lowest BCUT2D eigenvalue weighted by molar-refractivity contribution is 0.437. The van der Waals surface area contributed by atoms with Gasteiger partial charge >= 0.3 is 0 Å². The lowest BCUT2D eigenvalue weighted by Gasteiger charge is -2.21. The molecule has 0 unspecified atom stereocenters. The molecule has 2 N–H and O–H groups in total. The van der Waals surface area contributed by atoms with E-state index in [1.54, 1.807) is 6.07 Å². The Kier molecular flexibility index (Phi) is 4.38. The Morgan fingerprint density at radius 1 is 1.33 bits per heavy atom. The van der Waals surface area contributed by atoms with E-state index >= 15 is 0 Å². The van der Waals surface area contributed by atoms with Crippen LogP contribution in [0.5, 0.6) is 0 Å². The molecule has 0 atom stereocenters. The van der Waals surface area contributed by atoms with Crippen molar-refractivity contribution in [1.29, 1.82) is 0 Å². The van der Waals surface area contributed by atoms with E-state index in [0.29, 0.717) is 21.9 Å². The Bertz CT molecular complexity index is 465. The van der Waals surface area contributed by atoms with Crippen LogP contribution in [0, 0.1) is 18.7 Å². The molecule has 0 amide bonds. The zero-order chi connectivity index (χ0) is 13.1. The van der Waals surface area contributed by atoms with Gasteiger partial charge in [-0.1, -0.05) is 19.3 Å². The molecule has 2 nitrogen and oxygen atoms in total. The van der Waals surface area contributed by atoms with Crippen molar-refractivity contribution in [3.05, 3.63) is 28.0 Å². The Morgan fingerprint density at radius 2 is 2.00 bits per heavy atom. The van der Waals surface area contributed by atoms with E-state index < -0.39 is 0 Å². The third kappa shape index (κ3) is 3.10. The first-order valence-electron chi connectivity index (χ1n) is 6.37. The molecule has 1 aromatic rings. The maximum atomic E-state index is 13.5. The molecule has 4 heteroatoms. The summed E-state index contributed by atoms with van der Waals surface area (Å²) >= 11 is 3.17. The maximum absolute atomic E-state index is 13.5. The monoisotopic (exact) mass is 312 g/mol. The molecule has 0 bridgehead atoms. The Balaban J connectivity index is 2.23. The van der Waals surface area contributed by atoms with Gasteiger partial charge in [0.15, 0.2) is 0 Å². The van der Waals surface area contributed by atoms with E-state index in [9.17, 15) is 4.39 Å². The standard InChI is InChI=1S/C14H18BrFN2/c1-9-7-11(15)12(16)8-13(9)18-14(17)10-5-3-2-4-6-10/h7-8,10H,2-6H2,1H3,(H2,17,18). The van der Waals surface area contributed by atoms with Crippen molar-refractivity contribution in [2.75, 3.05) is 0 Å². The fraction of sp³-hybridized carbons (Fsp3) is 0.500. The van der Waals surface area contributed by atoms with Gasteiger partial charge in [-0.05, 0) is 47.3 Å². The van der Waals surface area contributed by atoms with Crippen LogP contribution in [-0.2, 0) is 0 Å². The molecule has 0 aliphatic heterocycles. The summed E-state index contributed by atoms with van der Waals surface area (Å²) in [5, 5.41) is 0. The van der Waals surface area contributed by atoms with Gasteiger partial charge in [0.2, 0.25) is 0 Å². The van der Waals surface area contributed by atoms with Crippen molar-refractivity contribution < 1.29 is 4.39 Å².